The van der Waals surface area contributed by atoms with Crippen molar-refractivity contribution in [3.8, 4) is 10.4 Å². The van der Waals surface area contributed by atoms with Gasteiger partial charge in [0.25, 0.3) is 5.91 Å². The van der Waals surface area contributed by atoms with E-state index in [1.165, 1.54) is 25.6 Å². The third kappa shape index (κ3) is 12.1. The smallest absolute Gasteiger partial charge is 0.407 e. The maximum Gasteiger partial charge on any atom is 0.407 e. The number of carbonyl (C=O) groups excluding carboxylic acids is 4. The third-order valence-corrected chi connectivity index (χ3v) is 9.16. The summed E-state index contributed by atoms with van der Waals surface area (Å²) in [5, 5.41) is 21.6. The number of aliphatic hydroxyl groups excluding tert-OH is 1. The quantitative estimate of drug-likeness (QED) is 0.136. The first kappa shape index (κ1) is 39.9. The molecule has 5 N–H and O–H groups in total. The van der Waals surface area contributed by atoms with E-state index in [0.717, 1.165) is 21.6 Å². The van der Waals surface area contributed by atoms with E-state index in [-0.39, 0.29) is 25.4 Å². The Morgan fingerprint density at radius 3 is 2.10 bits per heavy atom. The Hall–Kier alpha value is -4.53. The number of hydrogen-bond donors (Lipinski definition) is 5. The van der Waals surface area contributed by atoms with Crippen molar-refractivity contribution >= 4 is 35.3 Å². The number of aromatic nitrogens is 1. The Bertz CT molecular complexity index is 1520. The summed E-state index contributed by atoms with van der Waals surface area (Å²) in [4.78, 5) is 56.9. The third-order valence-electron chi connectivity index (χ3n) is 8.34. The minimum atomic E-state index is -1.20. The molecule has 0 saturated carbocycles. The molecule has 0 unspecified atom stereocenters. The molecule has 13 nitrogen and oxygen atoms in total. The summed E-state index contributed by atoms with van der Waals surface area (Å²) in [6.45, 7) is 9.27. The number of methoxy groups -OCH3 is 2. The SMILES string of the molecule is CC[C@H](C)[C@H](NC(=O)OC)C(=O)N[C@@H](Cc1ccccc1)[C@@H](O)CN(Cc1ccc(-c2cncs2)cc1)NC(=O)[C@@H](NC(=O)OC)C(C)(C)C. The van der Waals surface area contributed by atoms with Crippen LogP contribution in [0.15, 0.2) is 66.3 Å². The fourth-order valence-corrected chi connectivity index (χ4v) is 5.87. The van der Waals surface area contributed by atoms with Crippen LogP contribution in [0.5, 0.6) is 0 Å². The number of thiazole rings is 1. The van der Waals surface area contributed by atoms with Gasteiger partial charge in [0.1, 0.15) is 12.1 Å². The minimum Gasteiger partial charge on any atom is -0.453 e. The summed E-state index contributed by atoms with van der Waals surface area (Å²) in [6.07, 6.45) is -0.0455. The van der Waals surface area contributed by atoms with Gasteiger partial charge in [-0.25, -0.2) is 14.6 Å². The van der Waals surface area contributed by atoms with Crippen LogP contribution in [0.4, 0.5) is 9.59 Å². The van der Waals surface area contributed by atoms with Crippen LogP contribution < -0.4 is 21.4 Å². The fraction of sp³-hybridized carbons (Fsp3) is 0.472. The Morgan fingerprint density at radius 1 is 0.900 bits per heavy atom. The van der Waals surface area contributed by atoms with Crippen molar-refractivity contribution in [1.29, 1.82) is 0 Å². The van der Waals surface area contributed by atoms with E-state index in [9.17, 15) is 24.3 Å². The van der Waals surface area contributed by atoms with Crippen molar-refractivity contribution in [2.75, 3.05) is 20.8 Å². The van der Waals surface area contributed by atoms with Crippen LogP contribution in [0, 0.1) is 11.3 Å². The molecule has 1 aromatic heterocycles. The highest BCUT2D eigenvalue weighted by molar-refractivity contribution is 7.13. The maximum absolute atomic E-state index is 13.8. The van der Waals surface area contributed by atoms with Crippen LogP contribution >= 0.6 is 11.3 Å². The number of hydrazine groups is 1. The number of carbonyl (C=O) groups is 4. The number of nitrogens with zero attached hydrogens (tertiary/aromatic N) is 2. The van der Waals surface area contributed by atoms with Crippen LogP contribution in [-0.4, -0.2) is 84.1 Å². The summed E-state index contributed by atoms with van der Waals surface area (Å²) in [6, 6.07) is 14.4. The topological polar surface area (TPSA) is 171 Å². The van der Waals surface area contributed by atoms with Gasteiger partial charge in [-0.1, -0.05) is 95.6 Å². The summed E-state index contributed by atoms with van der Waals surface area (Å²) < 4.78 is 9.53. The average Bonchev–Trinajstić information content (AvgIpc) is 3.64. The van der Waals surface area contributed by atoms with E-state index in [0.29, 0.717) is 6.42 Å². The molecule has 50 heavy (non-hydrogen) atoms. The van der Waals surface area contributed by atoms with Gasteiger partial charge in [0.05, 0.1) is 36.8 Å². The van der Waals surface area contributed by atoms with E-state index in [2.05, 4.69) is 26.4 Å². The Balaban J connectivity index is 1.94. The first-order valence-electron chi connectivity index (χ1n) is 16.5. The monoisotopic (exact) mass is 710 g/mol. The minimum absolute atomic E-state index is 0.104. The van der Waals surface area contributed by atoms with Crippen molar-refractivity contribution in [3.05, 3.63) is 77.4 Å². The summed E-state index contributed by atoms with van der Waals surface area (Å²) in [5.41, 5.74) is 6.66. The van der Waals surface area contributed by atoms with Crippen LogP contribution in [0.2, 0.25) is 0 Å². The maximum atomic E-state index is 13.8. The Kier molecular flexibility index (Phi) is 15.2. The highest BCUT2D eigenvalue weighted by Gasteiger charge is 2.35. The van der Waals surface area contributed by atoms with Gasteiger partial charge in [-0.05, 0) is 34.4 Å². The Labute approximate surface area is 298 Å². The molecule has 1 heterocycles. The van der Waals surface area contributed by atoms with Crippen LogP contribution in [0.1, 0.15) is 52.2 Å². The number of amides is 4. The van der Waals surface area contributed by atoms with Crippen molar-refractivity contribution < 1.29 is 33.8 Å². The molecule has 2 aromatic carbocycles. The number of alkyl carbamates (subject to hydrolysis) is 2. The molecular weight excluding hydrogens is 660 g/mol. The summed E-state index contributed by atoms with van der Waals surface area (Å²) >= 11 is 1.52. The lowest BCUT2D eigenvalue weighted by Gasteiger charge is -2.35. The van der Waals surface area contributed by atoms with Gasteiger partial charge in [0.15, 0.2) is 0 Å². The predicted octanol–water partition coefficient (Wildman–Crippen LogP) is 4.27. The molecule has 14 heteroatoms. The molecule has 0 fully saturated rings. The summed E-state index contributed by atoms with van der Waals surface area (Å²) in [5.74, 6) is -1.22. The largest absolute Gasteiger partial charge is 0.453 e. The molecule has 0 spiro atoms. The van der Waals surface area contributed by atoms with Crippen LogP contribution in [-0.2, 0) is 32.0 Å². The molecule has 0 saturated heterocycles. The van der Waals surface area contributed by atoms with E-state index in [1.807, 2.05) is 89.2 Å². The van der Waals surface area contributed by atoms with E-state index < -0.39 is 53.6 Å². The van der Waals surface area contributed by atoms with Crippen molar-refractivity contribution in [2.45, 2.75) is 78.2 Å². The fourth-order valence-electron chi connectivity index (χ4n) is 5.24. The highest BCUT2D eigenvalue weighted by atomic mass is 32.1. The zero-order valence-electron chi connectivity index (χ0n) is 29.8. The second-order valence-corrected chi connectivity index (χ2v) is 14.1. The van der Waals surface area contributed by atoms with E-state index in [4.69, 9.17) is 9.47 Å². The van der Waals surface area contributed by atoms with E-state index in [1.54, 1.807) is 16.7 Å². The second-order valence-electron chi connectivity index (χ2n) is 13.2. The van der Waals surface area contributed by atoms with Gasteiger partial charge in [0, 0.05) is 19.3 Å². The molecule has 3 rings (SSSR count). The van der Waals surface area contributed by atoms with Crippen LogP contribution in [0.3, 0.4) is 0 Å². The molecule has 4 amide bonds. The van der Waals surface area contributed by atoms with Gasteiger partial charge >= 0.3 is 12.2 Å². The first-order valence-corrected chi connectivity index (χ1v) is 17.4. The number of rotatable bonds is 16. The van der Waals surface area contributed by atoms with Gasteiger partial charge in [-0.3, -0.25) is 20.0 Å². The zero-order valence-corrected chi connectivity index (χ0v) is 30.6. The number of hydrogen-bond acceptors (Lipinski definition) is 10. The lowest BCUT2D eigenvalue weighted by Crippen LogP contribution is -2.60. The van der Waals surface area contributed by atoms with Gasteiger partial charge in [-0.15, -0.1) is 11.3 Å². The van der Waals surface area contributed by atoms with Gasteiger partial charge in [-0.2, -0.15) is 0 Å². The molecular formula is C36H50N6O7S. The number of ether oxygens (including phenoxy) is 2. The normalized spacial score (nSPS) is 14.4. The van der Waals surface area contributed by atoms with Crippen molar-refractivity contribution in [1.82, 2.24) is 31.4 Å². The predicted molar refractivity (Wildman–Crippen MR) is 192 cm³/mol. The first-order chi connectivity index (χ1) is 23.7. The van der Waals surface area contributed by atoms with E-state index >= 15 is 0 Å². The molecule has 5 atom stereocenters. The highest BCUT2D eigenvalue weighted by Crippen LogP contribution is 2.24. The average molecular weight is 711 g/mol. The van der Waals surface area contributed by atoms with Crippen LogP contribution in [0.25, 0.3) is 10.4 Å². The lowest BCUT2D eigenvalue weighted by molar-refractivity contribution is -0.132. The Morgan fingerprint density at radius 2 is 1.54 bits per heavy atom. The standard InChI is InChI=1S/C36H50N6O7S/c1-8-23(2)30(39-34(46)48-6)32(44)38-27(18-24-12-10-9-11-13-24)28(43)21-42(41-33(45)31(36(3,4)5)40-35(47)49-7)20-25-14-16-26(17-15-25)29-19-37-22-50-29/h9-17,19,22-23,27-28,30-31,43H,8,18,20-21H2,1-7H3,(H,38,44)(H,39,46)(H,40,47)(H,41,45)/t23-,27-,28-,30-,31+/m0/s1. The van der Waals surface area contributed by atoms with Gasteiger partial charge in [0.2, 0.25) is 5.91 Å². The number of aliphatic hydroxyl groups is 1. The zero-order chi connectivity index (χ0) is 36.8. The molecule has 0 aliphatic carbocycles. The number of nitrogens with one attached hydrogen (secondary N) is 4. The number of benzene rings is 2. The molecule has 3 aromatic rings. The molecule has 0 radical (unpaired) electrons. The molecule has 0 aliphatic rings. The second kappa shape index (κ2) is 19.0. The summed E-state index contributed by atoms with van der Waals surface area (Å²) in [7, 11) is 2.45. The van der Waals surface area contributed by atoms with Gasteiger partial charge < -0.3 is 30.5 Å². The molecule has 272 valence electrons. The lowest BCUT2D eigenvalue weighted by atomic mass is 9.86. The van der Waals surface area contributed by atoms with Crippen molar-refractivity contribution in [2.24, 2.45) is 11.3 Å². The van der Waals surface area contributed by atoms with Crippen molar-refractivity contribution in [3.63, 3.8) is 0 Å². The molecule has 0 bridgehead atoms. The molecule has 0 aliphatic heterocycles.